The van der Waals surface area contributed by atoms with Crippen molar-refractivity contribution >= 4 is 31.5 Å². The summed E-state index contributed by atoms with van der Waals surface area (Å²) >= 11 is 0. The van der Waals surface area contributed by atoms with E-state index < -0.39 is 37.4 Å². The minimum Gasteiger partial charge on any atom is -0.393 e. The molecule has 0 aromatic carbocycles. The molecule has 17 heavy (non-hydrogen) atoms. The van der Waals surface area contributed by atoms with Crippen molar-refractivity contribution in [2.75, 3.05) is 12.8 Å². The fourth-order valence-electron chi connectivity index (χ4n) is 1.21. The second kappa shape index (κ2) is 5.31. The lowest BCUT2D eigenvalue weighted by Gasteiger charge is -2.15. The Morgan fingerprint density at radius 3 is 2.82 bits per heavy atom. The summed E-state index contributed by atoms with van der Waals surface area (Å²) in [6.45, 7) is 0.914. The molecular weight excluding hydrogens is 252 g/mol. The Kier molecular flexibility index (Phi) is 4.28. The molecule has 0 aromatic heterocycles. The van der Waals surface area contributed by atoms with Crippen LogP contribution in [-0.2, 0) is 23.7 Å². The van der Waals surface area contributed by atoms with Gasteiger partial charge in [0.05, 0.1) is 6.16 Å². The van der Waals surface area contributed by atoms with Gasteiger partial charge in [-0.2, -0.15) is 4.20 Å². The van der Waals surface area contributed by atoms with Crippen molar-refractivity contribution in [2.24, 2.45) is 10.9 Å². The lowest BCUT2D eigenvalue weighted by molar-refractivity contribution is -0.168. The van der Waals surface area contributed by atoms with E-state index in [-0.39, 0.29) is 12.8 Å². The Morgan fingerprint density at radius 2 is 2.29 bits per heavy atom. The number of esters is 2. The molecule has 1 unspecified atom stereocenters. The van der Waals surface area contributed by atoms with E-state index in [1.54, 1.807) is 0 Å². The van der Waals surface area contributed by atoms with Gasteiger partial charge in [0.1, 0.15) is 5.92 Å². The van der Waals surface area contributed by atoms with Gasteiger partial charge in [0.25, 0.3) is 5.91 Å². The van der Waals surface area contributed by atoms with Crippen molar-refractivity contribution in [3.63, 3.8) is 0 Å². The fraction of sp³-hybridized carbons (Fsp3) is 0.556. The predicted octanol–water partition coefficient (Wildman–Crippen LogP) is 0.941. The zero-order chi connectivity index (χ0) is 13.1. The van der Waals surface area contributed by atoms with Crippen molar-refractivity contribution in [3.05, 3.63) is 0 Å². The highest BCUT2D eigenvalue weighted by atomic mass is 31.2. The Bertz CT molecular complexity index is 427. The maximum absolute atomic E-state index is 12.6. The third-order valence-electron chi connectivity index (χ3n) is 2.06. The zero-order valence-electron chi connectivity index (χ0n) is 9.09. The molecule has 1 rings (SSSR count). The first-order chi connectivity index (χ1) is 7.79. The van der Waals surface area contributed by atoms with Gasteiger partial charge in [0.15, 0.2) is 0 Å². The maximum Gasteiger partial charge on any atom is 0.326 e. The highest BCUT2D eigenvalue weighted by Crippen LogP contribution is 2.41. The second-order valence-corrected chi connectivity index (χ2v) is 6.04. The molecule has 1 fully saturated rings. The molecule has 0 radical (unpaired) electrons. The highest BCUT2D eigenvalue weighted by Gasteiger charge is 2.34. The van der Waals surface area contributed by atoms with Crippen molar-refractivity contribution in [3.8, 4) is 0 Å². The van der Waals surface area contributed by atoms with Gasteiger partial charge in [-0.15, -0.1) is 0 Å². The van der Waals surface area contributed by atoms with Crippen molar-refractivity contribution in [2.45, 2.75) is 12.8 Å². The van der Waals surface area contributed by atoms with Crippen LogP contribution in [0.25, 0.3) is 0 Å². The molecule has 0 spiro atoms. The Hall–Kier alpha value is -1.36. The number of ether oxygens (including phenoxy) is 1. The Labute approximate surface area is 96.7 Å². The van der Waals surface area contributed by atoms with E-state index >= 15 is 0 Å². The Balaban J connectivity index is 2.56. The molecular formula is C9H11FNO5P. The molecule has 1 aliphatic heterocycles. The van der Waals surface area contributed by atoms with Crippen LogP contribution in [0.5, 0.6) is 0 Å². The lowest BCUT2D eigenvalue weighted by atomic mass is 10.0. The van der Waals surface area contributed by atoms with Crippen LogP contribution in [0.15, 0.2) is 4.99 Å². The Morgan fingerprint density at radius 1 is 1.65 bits per heavy atom. The number of amides is 1. The van der Waals surface area contributed by atoms with E-state index in [2.05, 4.69) is 9.73 Å². The molecule has 0 saturated carbocycles. The summed E-state index contributed by atoms with van der Waals surface area (Å²) in [5, 5.41) is 0. The summed E-state index contributed by atoms with van der Waals surface area (Å²) in [6.07, 6.45) is 0.423. The van der Waals surface area contributed by atoms with E-state index in [0.717, 1.165) is 12.9 Å². The number of rotatable bonds is 3. The minimum atomic E-state index is -3.76. The highest BCUT2D eigenvalue weighted by molar-refractivity contribution is 7.58. The SMILES string of the molecule is CP(=O)(F)C/C=N\C(=O)[C@H]1CCC(=O)OC1=O. The van der Waals surface area contributed by atoms with Gasteiger partial charge in [-0.05, 0) is 6.42 Å². The normalized spacial score (nSPS) is 24.5. The van der Waals surface area contributed by atoms with Gasteiger partial charge in [-0.1, -0.05) is 0 Å². The quantitative estimate of drug-likeness (QED) is 0.327. The molecule has 0 N–H and O–H groups in total. The molecule has 94 valence electrons. The summed E-state index contributed by atoms with van der Waals surface area (Å²) in [5.41, 5.74) is 0. The molecule has 0 aliphatic carbocycles. The number of aliphatic imine (C=N–C) groups is 1. The van der Waals surface area contributed by atoms with Crippen molar-refractivity contribution < 1.29 is 27.9 Å². The number of hydrogen-bond acceptors (Lipinski definition) is 5. The third kappa shape index (κ3) is 4.56. The number of hydrogen-bond donors (Lipinski definition) is 0. The van der Waals surface area contributed by atoms with Crippen molar-refractivity contribution in [1.29, 1.82) is 0 Å². The van der Waals surface area contributed by atoms with E-state index in [4.69, 9.17) is 0 Å². The zero-order valence-corrected chi connectivity index (χ0v) is 9.98. The molecule has 0 aromatic rings. The van der Waals surface area contributed by atoms with Crippen LogP contribution in [0.4, 0.5) is 4.20 Å². The minimum absolute atomic E-state index is 0.0347. The van der Waals surface area contributed by atoms with Crippen LogP contribution in [-0.4, -0.2) is 36.9 Å². The summed E-state index contributed by atoms with van der Waals surface area (Å²) < 4.78 is 27.6. The molecule has 1 saturated heterocycles. The predicted molar refractivity (Wildman–Crippen MR) is 56.8 cm³/mol. The topological polar surface area (TPSA) is 89.9 Å². The number of cyclic esters (lactones) is 2. The number of halogens is 1. The van der Waals surface area contributed by atoms with Crippen LogP contribution < -0.4 is 0 Å². The number of carbonyl (C=O) groups excluding carboxylic acids is 3. The third-order valence-corrected chi connectivity index (χ3v) is 2.88. The van der Waals surface area contributed by atoms with Crippen LogP contribution in [0.1, 0.15) is 12.8 Å². The van der Waals surface area contributed by atoms with Crippen LogP contribution in [0.3, 0.4) is 0 Å². The number of nitrogens with zero attached hydrogens (tertiary/aromatic N) is 1. The molecule has 0 bridgehead atoms. The van der Waals surface area contributed by atoms with E-state index in [1.807, 2.05) is 0 Å². The summed E-state index contributed by atoms with van der Waals surface area (Å²) in [5.74, 6) is -3.55. The van der Waals surface area contributed by atoms with Crippen LogP contribution in [0.2, 0.25) is 0 Å². The van der Waals surface area contributed by atoms with E-state index in [9.17, 15) is 23.1 Å². The molecule has 8 heteroatoms. The first-order valence-corrected chi connectivity index (χ1v) is 7.09. The summed E-state index contributed by atoms with van der Waals surface area (Å²) in [7, 11) is -3.76. The van der Waals surface area contributed by atoms with Gasteiger partial charge in [-0.3, -0.25) is 18.9 Å². The average molecular weight is 263 g/mol. The summed E-state index contributed by atoms with van der Waals surface area (Å²) in [6, 6.07) is 0. The molecule has 2 atom stereocenters. The lowest BCUT2D eigenvalue weighted by Crippen LogP contribution is -2.32. The van der Waals surface area contributed by atoms with Gasteiger partial charge in [-0.25, -0.2) is 4.99 Å². The largest absolute Gasteiger partial charge is 0.393 e. The van der Waals surface area contributed by atoms with E-state index in [1.165, 1.54) is 0 Å². The average Bonchev–Trinajstić information content (AvgIpc) is 2.15. The monoisotopic (exact) mass is 263 g/mol. The first-order valence-electron chi connectivity index (χ1n) is 4.86. The number of carbonyl (C=O) groups is 3. The van der Waals surface area contributed by atoms with Crippen LogP contribution in [0, 0.1) is 5.92 Å². The van der Waals surface area contributed by atoms with Gasteiger partial charge in [0.2, 0.25) is 7.45 Å². The van der Waals surface area contributed by atoms with Crippen LogP contribution >= 0.6 is 7.45 Å². The molecule has 1 amide bonds. The standard InChI is InChI=1S/C9H11FNO5P/c1-17(10,15)5-4-11-8(13)6-2-3-7(12)16-9(6)14/h4,6H,2-3,5H2,1H3/b11-4-/t6-,17?/m1/s1. The maximum atomic E-state index is 12.6. The van der Waals surface area contributed by atoms with Gasteiger partial charge >= 0.3 is 11.9 Å². The molecule has 1 aliphatic rings. The summed E-state index contributed by atoms with van der Waals surface area (Å²) in [4.78, 5) is 36.5. The van der Waals surface area contributed by atoms with Crippen molar-refractivity contribution in [1.82, 2.24) is 0 Å². The smallest absolute Gasteiger partial charge is 0.326 e. The molecule has 6 nitrogen and oxygen atoms in total. The van der Waals surface area contributed by atoms with Gasteiger partial charge in [0, 0.05) is 19.3 Å². The first kappa shape index (κ1) is 13.7. The van der Waals surface area contributed by atoms with Gasteiger partial charge < -0.3 is 4.74 Å². The second-order valence-electron chi connectivity index (χ2n) is 3.70. The molecule has 1 heterocycles. The van der Waals surface area contributed by atoms with E-state index in [0.29, 0.717) is 0 Å². The fourth-order valence-corrected chi connectivity index (χ4v) is 1.58.